The summed E-state index contributed by atoms with van der Waals surface area (Å²) in [7, 11) is 0. The van der Waals surface area contributed by atoms with Gasteiger partial charge in [-0.3, -0.25) is 9.59 Å². The third-order valence-corrected chi connectivity index (χ3v) is 2.40. The average molecular weight is 242 g/mol. The first-order valence-corrected chi connectivity index (χ1v) is 6.09. The van der Waals surface area contributed by atoms with E-state index in [0.29, 0.717) is 25.9 Å². The highest BCUT2D eigenvalue weighted by Crippen LogP contribution is 2.08. The van der Waals surface area contributed by atoms with Gasteiger partial charge in [-0.1, -0.05) is 0 Å². The van der Waals surface area contributed by atoms with Gasteiger partial charge in [-0.05, 0) is 27.2 Å². The van der Waals surface area contributed by atoms with Crippen LogP contribution in [0.2, 0.25) is 0 Å². The fourth-order valence-electron chi connectivity index (χ4n) is 1.69. The van der Waals surface area contributed by atoms with E-state index in [9.17, 15) is 9.59 Å². The SMILES string of the molecule is CC(C)(C)OC(=O)CCNCC1CCC(=O)N1. The molecular weight excluding hydrogens is 220 g/mol. The zero-order valence-corrected chi connectivity index (χ0v) is 10.8. The molecule has 1 saturated heterocycles. The molecule has 0 bridgehead atoms. The molecule has 0 saturated carbocycles. The summed E-state index contributed by atoms with van der Waals surface area (Å²) in [5.74, 6) is -0.0793. The van der Waals surface area contributed by atoms with Gasteiger partial charge in [0.05, 0.1) is 6.42 Å². The predicted octanol–water partition coefficient (Wildman–Crippen LogP) is 0.586. The average Bonchev–Trinajstić information content (AvgIpc) is 2.56. The number of esters is 1. The van der Waals surface area contributed by atoms with Crippen molar-refractivity contribution in [2.75, 3.05) is 13.1 Å². The molecule has 0 aliphatic carbocycles. The Hall–Kier alpha value is -1.10. The molecule has 98 valence electrons. The van der Waals surface area contributed by atoms with Gasteiger partial charge in [0.1, 0.15) is 5.60 Å². The molecule has 1 atom stereocenters. The summed E-state index contributed by atoms with van der Waals surface area (Å²) in [4.78, 5) is 22.3. The topological polar surface area (TPSA) is 67.4 Å². The second-order valence-corrected chi connectivity index (χ2v) is 5.34. The van der Waals surface area contributed by atoms with E-state index in [1.165, 1.54) is 0 Å². The standard InChI is InChI=1S/C12H22N2O3/c1-12(2,3)17-11(16)6-7-13-8-9-4-5-10(15)14-9/h9,13H,4-8H2,1-3H3,(H,14,15). The van der Waals surface area contributed by atoms with Gasteiger partial charge in [0.25, 0.3) is 0 Å². The number of hydrogen-bond donors (Lipinski definition) is 2. The Morgan fingerprint density at radius 1 is 1.53 bits per heavy atom. The fraction of sp³-hybridized carbons (Fsp3) is 0.833. The Bertz CT molecular complexity index is 284. The summed E-state index contributed by atoms with van der Waals surface area (Å²) in [5.41, 5.74) is -0.420. The third-order valence-electron chi connectivity index (χ3n) is 2.40. The molecule has 1 fully saturated rings. The van der Waals surface area contributed by atoms with Crippen molar-refractivity contribution in [2.24, 2.45) is 0 Å². The Kier molecular flexibility index (Phi) is 4.93. The molecule has 0 aromatic heterocycles. The summed E-state index contributed by atoms with van der Waals surface area (Å²) in [6, 6.07) is 0.209. The van der Waals surface area contributed by atoms with Crippen molar-refractivity contribution in [3.63, 3.8) is 0 Å². The van der Waals surface area contributed by atoms with Gasteiger partial charge in [-0.15, -0.1) is 0 Å². The van der Waals surface area contributed by atoms with Crippen molar-refractivity contribution in [3.05, 3.63) is 0 Å². The lowest BCUT2D eigenvalue weighted by Crippen LogP contribution is -2.36. The molecular formula is C12H22N2O3. The lowest BCUT2D eigenvalue weighted by molar-refractivity contribution is -0.154. The lowest BCUT2D eigenvalue weighted by Gasteiger charge is -2.19. The zero-order valence-electron chi connectivity index (χ0n) is 10.8. The Balaban J connectivity index is 2.04. The van der Waals surface area contributed by atoms with E-state index < -0.39 is 5.60 Å². The number of carbonyl (C=O) groups excluding carboxylic acids is 2. The van der Waals surface area contributed by atoms with Crippen LogP contribution in [-0.2, 0) is 14.3 Å². The van der Waals surface area contributed by atoms with Crippen LogP contribution in [0.3, 0.4) is 0 Å². The first-order valence-electron chi connectivity index (χ1n) is 6.09. The second-order valence-electron chi connectivity index (χ2n) is 5.34. The maximum Gasteiger partial charge on any atom is 0.307 e. The molecule has 5 nitrogen and oxygen atoms in total. The molecule has 0 aromatic rings. The fourth-order valence-corrected chi connectivity index (χ4v) is 1.69. The maximum atomic E-state index is 11.4. The van der Waals surface area contributed by atoms with E-state index in [-0.39, 0.29) is 17.9 Å². The molecule has 1 rings (SSSR count). The molecule has 5 heteroatoms. The number of nitrogens with one attached hydrogen (secondary N) is 2. The minimum Gasteiger partial charge on any atom is -0.460 e. The minimum atomic E-state index is -0.420. The van der Waals surface area contributed by atoms with Crippen LogP contribution in [0.4, 0.5) is 0 Å². The van der Waals surface area contributed by atoms with E-state index in [1.54, 1.807) is 0 Å². The van der Waals surface area contributed by atoms with Gasteiger partial charge >= 0.3 is 5.97 Å². The van der Waals surface area contributed by atoms with Gasteiger partial charge in [0.2, 0.25) is 5.91 Å². The number of hydrogen-bond acceptors (Lipinski definition) is 4. The zero-order chi connectivity index (χ0) is 12.9. The van der Waals surface area contributed by atoms with Crippen molar-refractivity contribution < 1.29 is 14.3 Å². The second kappa shape index (κ2) is 6.00. The van der Waals surface area contributed by atoms with Crippen molar-refractivity contribution in [1.82, 2.24) is 10.6 Å². The molecule has 1 unspecified atom stereocenters. The first-order chi connectivity index (χ1) is 7.87. The van der Waals surface area contributed by atoms with E-state index in [4.69, 9.17) is 4.74 Å². The number of rotatable bonds is 5. The van der Waals surface area contributed by atoms with Gasteiger partial charge in [-0.25, -0.2) is 0 Å². The van der Waals surface area contributed by atoms with Crippen LogP contribution in [0.1, 0.15) is 40.0 Å². The van der Waals surface area contributed by atoms with Crippen LogP contribution in [0.15, 0.2) is 0 Å². The highest BCUT2D eigenvalue weighted by atomic mass is 16.6. The van der Waals surface area contributed by atoms with E-state index >= 15 is 0 Å². The summed E-state index contributed by atoms with van der Waals surface area (Å²) >= 11 is 0. The summed E-state index contributed by atoms with van der Waals surface area (Å²) < 4.78 is 5.18. The summed E-state index contributed by atoms with van der Waals surface area (Å²) in [6.45, 7) is 6.86. The summed E-state index contributed by atoms with van der Waals surface area (Å²) in [6.07, 6.45) is 1.84. The molecule has 1 amide bonds. The first kappa shape index (κ1) is 14.0. The molecule has 1 heterocycles. The van der Waals surface area contributed by atoms with Crippen LogP contribution >= 0.6 is 0 Å². The maximum absolute atomic E-state index is 11.4. The van der Waals surface area contributed by atoms with Crippen LogP contribution in [0.5, 0.6) is 0 Å². The van der Waals surface area contributed by atoms with Crippen LogP contribution < -0.4 is 10.6 Å². The molecule has 1 aliphatic heterocycles. The van der Waals surface area contributed by atoms with Gasteiger partial charge < -0.3 is 15.4 Å². The van der Waals surface area contributed by atoms with E-state index in [1.807, 2.05) is 20.8 Å². The normalized spacial score (nSPS) is 20.2. The van der Waals surface area contributed by atoms with Gasteiger partial charge in [0.15, 0.2) is 0 Å². The van der Waals surface area contributed by atoms with Gasteiger partial charge in [-0.2, -0.15) is 0 Å². The largest absolute Gasteiger partial charge is 0.460 e. The third kappa shape index (κ3) is 6.26. The van der Waals surface area contributed by atoms with Crippen molar-refractivity contribution in [3.8, 4) is 0 Å². The van der Waals surface area contributed by atoms with Crippen LogP contribution in [-0.4, -0.2) is 36.6 Å². The highest BCUT2D eigenvalue weighted by molar-refractivity contribution is 5.78. The monoisotopic (exact) mass is 242 g/mol. The predicted molar refractivity (Wildman–Crippen MR) is 64.5 cm³/mol. The van der Waals surface area contributed by atoms with E-state index in [0.717, 1.165) is 6.42 Å². The quantitative estimate of drug-likeness (QED) is 0.547. The van der Waals surface area contributed by atoms with E-state index in [2.05, 4.69) is 10.6 Å². The Morgan fingerprint density at radius 2 is 2.24 bits per heavy atom. The molecule has 0 spiro atoms. The van der Waals surface area contributed by atoms with Crippen molar-refractivity contribution in [2.45, 2.75) is 51.7 Å². The smallest absolute Gasteiger partial charge is 0.307 e. The number of ether oxygens (including phenoxy) is 1. The Labute approximate surface area is 102 Å². The Morgan fingerprint density at radius 3 is 2.76 bits per heavy atom. The molecule has 0 aromatic carbocycles. The molecule has 2 N–H and O–H groups in total. The molecule has 0 radical (unpaired) electrons. The summed E-state index contributed by atoms with van der Waals surface area (Å²) in [5, 5.41) is 6.01. The number of amides is 1. The molecule has 1 aliphatic rings. The van der Waals surface area contributed by atoms with Gasteiger partial charge in [0, 0.05) is 25.6 Å². The van der Waals surface area contributed by atoms with Crippen LogP contribution in [0, 0.1) is 0 Å². The lowest BCUT2D eigenvalue weighted by atomic mass is 10.2. The van der Waals surface area contributed by atoms with Crippen molar-refractivity contribution in [1.29, 1.82) is 0 Å². The van der Waals surface area contributed by atoms with Crippen molar-refractivity contribution >= 4 is 11.9 Å². The highest BCUT2D eigenvalue weighted by Gasteiger charge is 2.20. The molecule has 17 heavy (non-hydrogen) atoms. The van der Waals surface area contributed by atoms with Crippen LogP contribution in [0.25, 0.3) is 0 Å². The minimum absolute atomic E-state index is 0.115. The number of carbonyl (C=O) groups is 2.